The summed E-state index contributed by atoms with van der Waals surface area (Å²) in [6, 6.07) is -6.99. The van der Waals surface area contributed by atoms with Gasteiger partial charge in [-0.15, -0.1) is 11.3 Å². The van der Waals surface area contributed by atoms with Crippen LogP contribution in [0.5, 0.6) is 0 Å². The van der Waals surface area contributed by atoms with Gasteiger partial charge in [0.05, 0.1) is 23.9 Å². The van der Waals surface area contributed by atoms with Crippen molar-refractivity contribution in [3.8, 4) is 0 Å². The largest absolute Gasteiger partial charge is 0.384 e. The van der Waals surface area contributed by atoms with Crippen LogP contribution < -0.4 is 16.0 Å². The number of rotatable bonds is 14. The molecule has 1 saturated heterocycles. The molecule has 0 radical (unpaired) electrons. The molecule has 1 aliphatic heterocycles. The summed E-state index contributed by atoms with van der Waals surface area (Å²) in [6.45, 7) is 6.50. The molecule has 11 nitrogen and oxygen atoms in total. The molecule has 38 heavy (non-hydrogen) atoms. The Balaban J connectivity index is 2.32. The molecule has 1 aromatic heterocycles. The zero-order chi connectivity index (χ0) is 29.1. The van der Waals surface area contributed by atoms with E-state index in [1.54, 1.807) is 26.1 Å². The van der Waals surface area contributed by atoms with Gasteiger partial charge in [-0.05, 0) is 26.2 Å². The molecule has 1 aromatic rings. The van der Waals surface area contributed by atoms with E-state index in [9.17, 15) is 36.7 Å². The van der Waals surface area contributed by atoms with E-state index in [0.29, 0.717) is 19.2 Å². The number of hydrogen-bond donors (Lipinski definition) is 3. The van der Waals surface area contributed by atoms with E-state index in [4.69, 9.17) is 4.74 Å². The third-order valence-electron chi connectivity index (χ3n) is 5.59. The van der Waals surface area contributed by atoms with Gasteiger partial charge in [0.15, 0.2) is 17.9 Å². The lowest BCUT2D eigenvalue weighted by Gasteiger charge is -2.31. The normalized spacial score (nSPS) is 19.9. The second-order valence-electron chi connectivity index (χ2n) is 9.20. The first-order valence-electron chi connectivity index (χ1n) is 11.4. The Kier molecular flexibility index (Phi) is 9.96. The quantitative estimate of drug-likeness (QED) is 0.225. The summed E-state index contributed by atoms with van der Waals surface area (Å²) >= 11 is 0.829. The van der Waals surface area contributed by atoms with Crippen LogP contribution in [0, 0.1) is 12.8 Å². The summed E-state index contributed by atoms with van der Waals surface area (Å²) < 4.78 is 71.4. The number of nitrogens with one attached hydrogen (secondary N) is 3. The molecule has 16 heteroatoms. The molecule has 214 valence electrons. The van der Waals surface area contributed by atoms with Crippen molar-refractivity contribution in [1.82, 2.24) is 20.9 Å². The monoisotopic (exact) mass is 570 g/mol. The molecule has 0 unspecified atom stereocenters. The molecule has 0 aromatic carbocycles. The number of thiazole rings is 1. The van der Waals surface area contributed by atoms with Gasteiger partial charge >= 0.3 is 12.2 Å². The molecule has 0 aliphatic carbocycles. The standard InChI is InChI=1S/C22H30F4N4O7S/c1-10(2)7-12(16(31)20(4)9-37-20)28-18(33)14(21(23,24)35-5)30-19(34)15(22(25,26)36-6)29-17(32)13-8-27-11(3)38-13/h8,10,12,14-15H,7,9H2,1-6H3,(H,28,33)(H,29,32)(H,30,34)/t12-,14-,15-,20+/m0/s1. The number of aromatic nitrogens is 1. The summed E-state index contributed by atoms with van der Waals surface area (Å²) in [7, 11) is 1.05. The van der Waals surface area contributed by atoms with Crippen LogP contribution in [-0.4, -0.2) is 85.3 Å². The second kappa shape index (κ2) is 12.0. The van der Waals surface area contributed by atoms with Gasteiger partial charge in [0, 0.05) is 14.2 Å². The number of Topliss-reactive ketones (excluding diaryl/α,β-unsaturated/α-hetero) is 1. The molecule has 2 rings (SSSR count). The van der Waals surface area contributed by atoms with Gasteiger partial charge in [-0.3, -0.25) is 19.2 Å². The van der Waals surface area contributed by atoms with E-state index in [0.717, 1.165) is 17.5 Å². The van der Waals surface area contributed by atoms with E-state index in [1.807, 2.05) is 0 Å². The minimum absolute atomic E-state index is 0.0391. The number of amides is 3. The third-order valence-corrected chi connectivity index (χ3v) is 6.50. The molecule has 3 N–H and O–H groups in total. The van der Waals surface area contributed by atoms with Gasteiger partial charge in [-0.1, -0.05) is 13.8 Å². The highest BCUT2D eigenvalue weighted by molar-refractivity contribution is 7.13. The lowest BCUT2D eigenvalue weighted by Crippen LogP contribution is -2.65. The lowest BCUT2D eigenvalue weighted by atomic mass is 9.93. The number of ether oxygens (including phenoxy) is 3. The fourth-order valence-corrected chi connectivity index (χ4v) is 3.99. The summed E-state index contributed by atoms with van der Waals surface area (Å²) in [5.41, 5.74) is -1.21. The Bertz CT molecular complexity index is 1050. The van der Waals surface area contributed by atoms with E-state index in [1.165, 1.54) is 12.2 Å². The van der Waals surface area contributed by atoms with Crippen molar-refractivity contribution in [1.29, 1.82) is 0 Å². The SMILES string of the molecule is COC(F)(F)[C@@H](NC(=O)c1cnc(C)s1)C(=O)N[C@@H](C(=O)N[C@@H](CC(C)C)C(=O)[C@@]1(C)CO1)C(F)(F)OC. The summed E-state index contributed by atoms with van der Waals surface area (Å²) in [5, 5.41) is 5.79. The number of carbonyl (C=O) groups excluding carboxylic acids is 4. The molecular formula is C22H30F4N4O7S. The highest BCUT2D eigenvalue weighted by atomic mass is 32.1. The predicted octanol–water partition coefficient (Wildman–Crippen LogP) is 1.40. The number of methoxy groups -OCH3 is 2. The van der Waals surface area contributed by atoms with Crippen LogP contribution >= 0.6 is 11.3 Å². The Labute approximate surface area is 220 Å². The van der Waals surface area contributed by atoms with Gasteiger partial charge in [-0.25, -0.2) is 4.98 Å². The Morgan fingerprint density at radius 3 is 1.97 bits per heavy atom. The maximum Gasteiger partial charge on any atom is 0.384 e. The summed E-state index contributed by atoms with van der Waals surface area (Å²) in [5.74, 6) is -5.38. The average molecular weight is 571 g/mol. The highest BCUT2D eigenvalue weighted by Gasteiger charge is 2.54. The first kappa shape index (κ1) is 31.5. The van der Waals surface area contributed by atoms with E-state index in [2.05, 4.69) is 19.8 Å². The van der Waals surface area contributed by atoms with Gasteiger partial charge in [0.1, 0.15) is 10.5 Å². The van der Waals surface area contributed by atoms with E-state index >= 15 is 0 Å². The minimum atomic E-state index is -4.41. The minimum Gasteiger partial charge on any atom is -0.361 e. The third kappa shape index (κ3) is 7.68. The molecule has 2 heterocycles. The predicted molar refractivity (Wildman–Crippen MR) is 125 cm³/mol. The molecule has 1 aliphatic rings. The zero-order valence-electron chi connectivity index (χ0n) is 21.5. The van der Waals surface area contributed by atoms with Crippen molar-refractivity contribution < 1.29 is 51.0 Å². The number of aryl methyl sites for hydroxylation is 1. The van der Waals surface area contributed by atoms with Crippen LogP contribution in [0.1, 0.15) is 41.9 Å². The number of ketones is 1. The van der Waals surface area contributed by atoms with E-state index < -0.39 is 59.4 Å². The van der Waals surface area contributed by atoms with Crippen LogP contribution in [0.15, 0.2) is 6.20 Å². The second-order valence-corrected chi connectivity index (χ2v) is 10.4. The first-order chi connectivity index (χ1) is 17.5. The van der Waals surface area contributed by atoms with E-state index in [-0.39, 0.29) is 23.8 Å². The van der Waals surface area contributed by atoms with Crippen molar-refractivity contribution >= 4 is 34.8 Å². The molecule has 3 amide bonds. The van der Waals surface area contributed by atoms with Crippen molar-refractivity contribution in [3.05, 3.63) is 16.1 Å². The summed E-state index contributed by atoms with van der Waals surface area (Å²) in [6.07, 6.45) is -7.67. The number of epoxide rings is 1. The molecule has 4 atom stereocenters. The smallest absolute Gasteiger partial charge is 0.361 e. The fraction of sp³-hybridized carbons (Fsp3) is 0.682. The van der Waals surface area contributed by atoms with Crippen LogP contribution in [0.4, 0.5) is 17.6 Å². The lowest BCUT2D eigenvalue weighted by molar-refractivity contribution is -0.246. The topological polar surface area (TPSA) is 148 Å². The van der Waals surface area contributed by atoms with Crippen molar-refractivity contribution in [2.75, 3.05) is 20.8 Å². The molecule has 1 fully saturated rings. The van der Waals surface area contributed by atoms with Crippen LogP contribution in [0.3, 0.4) is 0 Å². The van der Waals surface area contributed by atoms with Crippen LogP contribution in [0.2, 0.25) is 0 Å². The van der Waals surface area contributed by atoms with Gasteiger partial charge < -0.3 is 30.2 Å². The molecular weight excluding hydrogens is 540 g/mol. The molecule has 0 bridgehead atoms. The van der Waals surface area contributed by atoms with Crippen molar-refractivity contribution in [3.63, 3.8) is 0 Å². The summed E-state index contributed by atoms with van der Waals surface area (Å²) in [4.78, 5) is 54.6. The van der Waals surface area contributed by atoms with Gasteiger partial charge in [-0.2, -0.15) is 17.6 Å². The van der Waals surface area contributed by atoms with Crippen LogP contribution in [0.25, 0.3) is 0 Å². The molecule has 0 saturated carbocycles. The fourth-order valence-electron chi connectivity index (χ4n) is 3.31. The number of carbonyl (C=O) groups is 4. The van der Waals surface area contributed by atoms with Crippen molar-refractivity contribution in [2.45, 2.75) is 70.1 Å². The average Bonchev–Trinajstić information content (AvgIpc) is 3.44. The van der Waals surface area contributed by atoms with Crippen LogP contribution in [-0.2, 0) is 28.6 Å². The van der Waals surface area contributed by atoms with Gasteiger partial charge in [0.25, 0.3) is 17.7 Å². The maximum atomic E-state index is 14.6. The number of halogens is 4. The Hall–Kier alpha value is -2.69. The Morgan fingerprint density at radius 1 is 1.05 bits per heavy atom. The number of hydrogen-bond acceptors (Lipinski definition) is 9. The van der Waals surface area contributed by atoms with Gasteiger partial charge in [0.2, 0.25) is 0 Å². The maximum absolute atomic E-state index is 14.6. The number of nitrogens with zero attached hydrogens (tertiary/aromatic N) is 1. The molecule has 0 spiro atoms. The number of alkyl halides is 4. The zero-order valence-corrected chi connectivity index (χ0v) is 22.3. The Morgan fingerprint density at radius 2 is 1.55 bits per heavy atom. The highest BCUT2D eigenvalue weighted by Crippen LogP contribution is 2.30. The van der Waals surface area contributed by atoms with Crippen molar-refractivity contribution in [2.24, 2.45) is 5.92 Å². The first-order valence-corrected chi connectivity index (χ1v) is 12.2.